The predicted octanol–water partition coefficient (Wildman–Crippen LogP) is 7.06. The Bertz CT molecular complexity index is 2360. The Hall–Kier alpha value is -2.34. The van der Waals surface area contributed by atoms with E-state index in [0.717, 1.165) is 0 Å². The van der Waals surface area contributed by atoms with Crippen molar-refractivity contribution in [3.05, 3.63) is 0 Å². The number of hydrogen-bond acceptors (Lipinski definition) is 27. The second-order valence-electron chi connectivity index (χ2n) is 33.6. The lowest BCUT2D eigenvalue weighted by molar-refractivity contribution is -0.299. The van der Waals surface area contributed by atoms with Crippen LogP contribution in [0, 0.1) is 23.7 Å². The summed E-state index contributed by atoms with van der Waals surface area (Å²) in [6.45, 7) is 51.3. The number of ether oxygens (including phenoxy) is 6. The van der Waals surface area contributed by atoms with Crippen LogP contribution in [-0.2, 0) is 56.5 Å². The second kappa shape index (κ2) is 45.6. The average molecular weight is 1510 g/mol. The van der Waals surface area contributed by atoms with Crippen molar-refractivity contribution in [1.29, 1.82) is 0 Å². The topological polar surface area (TPSA) is 397 Å². The summed E-state index contributed by atoms with van der Waals surface area (Å²) in [4.78, 5) is 50.5. The number of carbonyl (C=O) groups is 1. The summed E-state index contributed by atoms with van der Waals surface area (Å²) >= 11 is 0. The van der Waals surface area contributed by atoms with Gasteiger partial charge < -0.3 is 109 Å². The molecule has 2 rings (SSSR count). The van der Waals surface area contributed by atoms with E-state index in [4.69, 9.17) is 62.2 Å². The van der Waals surface area contributed by atoms with Gasteiger partial charge in [-0.05, 0) is 190 Å². The highest BCUT2D eigenvalue weighted by molar-refractivity contribution is 6.74. The van der Waals surface area contributed by atoms with E-state index in [0.29, 0.717) is 51.5 Å². The number of nitrogens with two attached hydrogens (primary N) is 1. The van der Waals surface area contributed by atoms with Crippen LogP contribution in [0.15, 0.2) is 0 Å². The Labute approximate surface area is 616 Å². The fraction of sp³-hybridized carbons (Fsp3) is 0.959. The van der Waals surface area contributed by atoms with Crippen molar-refractivity contribution < 1.29 is 112 Å². The molecular weight excluding hydrogens is 1360 g/mol. The molecule has 26 atom stereocenters. The van der Waals surface area contributed by atoms with Gasteiger partial charge in [-0.2, -0.15) is 19.2 Å². The smallest absolute Gasteiger partial charge is 0.438 e. The monoisotopic (exact) mass is 1510 g/mol. The molecule has 29 heteroatoms. The van der Waals surface area contributed by atoms with Crippen molar-refractivity contribution in [3.8, 4) is 0 Å². The fourth-order valence-electron chi connectivity index (χ4n) is 13.0. The molecule has 2 heterocycles. The highest BCUT2D eigenvalue weighted by Gasteiger charge is 2.53. The molecular formula is C73H150N4O23Si2. The van der Waals surface area contributed by atoms with Crippen LogP contribution in [0.3, 0.4) is 0 Å². The number of methoxy groups -OCH3 is 1. The highest BCUT2D eigenvalue weighted by Crippen LogP contribution is 2.43. The Morgan fingerprint density at radius 1 is 0.578 bits per heavy atom. The van der Waals surface area contributed by atoms with Crippen molar-refractivity contribution in [2.75, 3.05) is 55.5 Å². The molecule has 608 valence electrons. The fourth-order valence-corrected chi connectivity index (χ4v) is 15.9. The molecule has 0 radical (unpaired) electrons. The zero-order valence-electron chi connectivity index (χ0n) is 69.0. The van der Waals surface area contributed by atoms with Gasteiger partial charge in [0, 0.05) is 43.1 Å². The van der Waals surface area contributed by atoms with E-state index >= 15 is 0 Å². The quantitative estimate of drug-likeness (QED) is 0.0223. The van der Waals surface area contributed by atoms with Crippen LogP contribution in [0.2, 0.25) is 36.3 Å². The van der Waals surface area contributed by atoms with E-state index in [1.165, 1.54) is 7.11 Å². The predicted molar refractivity (Wildman–Crippen MR) is 396 cm³/mol. The molecule has 2 saturated heterocycles. The average Bonchev–Trinajstić information content (AvgIpc) is 0.795. The third-order valence-corrected chi connectivity index (χ3v) is 30.4. The van der Waals surface area contributed by atoms with Gasteiger partial charge in [0.2, 0.25) is 0 Å². The molecule has 0 aromatic heterocycles. The van der Waals surface area contributed by atoms with Gasteiger partial charge in [-0.25, -0.2) is 4.79 Å². The van der Waals surface area contributed by atoms with Crippen molar-refractivity contribution >= 4 is 35.1 Å². The van der Waals surface area contributed by atoms with Gasteiger partial charge >= 0.3 is 18.5 Å². The zero-order valence-corrected chi connectivity index (χ0v) is 71.0. The lowest BCUT2D eigenvalue weighted by Crippen LogP contribution is -2.62. The van der Waals surface area contributed by atoms with Crippen molar-refractivity contribution in [3.63, 3.8) is 0 Å². The largest absolute Gasteiger partial charge is 0.508 e. The molecule has 102 heavy (non-hydrogen) atoms. The lowest BCUT2D eigenvalue weighted by atomic mass is 9.79. The third-order valence-electron chi connectivity index (χ3n) is 21.5. The summed E-state index contributed by atoms with van der Waals surface area (Å²) in [5.41, 5.74) is 0.451. The molecule has 0 aliphatic carbocycles. The number of aliphatic hydroxyl groups excluding tert-OH is 6. The number of hydrogen-bond donors (Lipinski definition) is 11. The zero-order chi connectivity index (χ0) is 81.2. The molecule has 2 fully saturated rings. The Morgan fingerprint density at radius 2 is 0.922 bits per heavy atom. The summed E-state index contributed by atoms with van der Waals surface area (Å²) in [6, 6.07) is -0.947. The number of nitrogens with zero attached hydrogens (tertiary/aromatic N) is 3. The Kier molecular flexibility index (Phi) is 46.4. The van der Waals surface area contributed by atoms with Gasteiger partial charge in [0.25, 0.3) is 0 Å². The SMILES string of the molecule is CC[C@@H](O)[C@@](C)(O)[C@H](O[Si](C)(C)C(C)(C)C)[C@@H](C)N.CC[C@@H](O)[C@H](C)[C@@H](OC1O[C@H](C)C[C@H](N(C)C)[C@H]1O)[C@](C)(O)C[C@@H](C)CN(C)[C@H](C)[C@@H](O[Si](C)(C)C(C)(C)C)[C@](C)(O)[C@H](O)CC.CC[C@@H](O)[C@H](C)[C@@H](OC1O[C@H](C)C[C@H](N(C)C)[C@H]1OC(=O)OC)[C@](C)(O)C[C@@H](C)CO.O=C=O.O=C=O. The number of rotatable bonds is 35. The summed E-state index contributed by atoms with van der Waals surface area (Å²) in [5.74, 6) is -1.07. The van der Waals surface area contributed by atoms with E-state index in [-0.39, 0.29) is 83.6 Å². The molecule has 2 aliphatic rings. The van der Waals surface area contributed by atoms with Crippen LogP contribution in [0.25, 0.3) is 0 Å². The van der Waals surface area contributed by atoms with Crippen LogP contribution >= 0.6 is 0 Å². The van der Waals surface area contributed by atoms with E-state index in [1.807, 2.05) is 121 Å². The molecule has 0 amide bonds. The maximum Gasteiger partial charge on any atom is 0.508 e. The summed E-state index contributed by atoms with van der Waals surface area (Å²) in [7, 11) is 6.45. The van der Waals surface area contributed by atoms with Crippen LogP contribution in [0.4, 0.5) is 4.79 Å². The first-order valence-corrected chi connectivity index (χ1v) is 42.4. The molecule has 2 unspecified atom stereocenters. The van der Waals surface area contributed by atoms with E-state index < -0.39 is 131 Å². The van der Waals surface area contributed by atoms with Crippen LogP contribution in [-0.4, -0.2) is 289 Å². The Balaban J connectivity index is -0.00000150. The Morgan fingerprint density at radius 3 is 1.25 bits per heavy atom. The van der Waals surface area contributed by atoms with Crippen molar-refractivity contribution in [2.24, 2.45) is 29.4 Å². The van der Waals surface area contributed by atoms with Gasteiger partial charge in [0.15, 0.2) is 35.3 Å². The summed E-state index contributed by atoms with van der Waals surface area (Å²) in [5, 5.41) is 109. The standard InChI is InChI=1S/C35H74N2O8Si.C22H43NO8.C14H33NO3Si.2CO2/c1-17-27(38)24(5)30(44-32-29(40)26(36(12)13)19-23(4)43-32)34(10,41)20-22(3)21-37(14)25(6)31(35(11,42)28(39)18-2)45-46(15,16)33(7,8)9;1-9-17(25)15(4)19(22(5,27)11-13(2)12-24)31-20-18(30-21(26)28-8)16(23(6)7)10-14(3)29-20;1-9-11(16)14(6,17)12(10(2)15)18-19(7,8)13(3,4)5;2*2-1-3/h22-32,38-42H,17-21H2,1-16H3;13-20,24-25,27H,9-12H2,1-8H3;10-12,16-17H,9,15H2,1-8H3;;/t22-,23-,24+,25-,26+,27-,28-,29-,30-,31-,32?,34-,35-;13-,14-,15+,16+,17-,18-,19-,20?,22-;10-,11-,12-,14-;;/m111../s1. The van der Waals surface area contributed by atoms with E-state index in [1.54, 1.807) is 27.7 Å². The molecule has 0 aromatic carbocycles. The number of likely N-dealkylation sites (N-methyl/N-ethyl adjacent to an activating group) is 3. The highest BCUT2D eigenvalue weighted by atomic mass is 28.4. The van der Waals surface area contributed by atoms with Gasteiger partial charge in [0.1, 0.15) is 17.3 Å². The lowest BCUT2D eigenvalue weighted by Gasteiger charge is -2.49. The van der Waals surface area contributed by atoms with Gasteiger partial charge in [0.05, 0.1) is 85.4 Å². The summed E-state index contributed by atoms with van der Waals surface area (Å²) < 4.78 is 48.2. The summed E-state index contributed by atoms with van der Waals surface area (Å²) in [6.07, 6.45) is -6.62. The molecule has 0 spiro atoms. The van der Waals surface area contributed by atoms with Crippen molar-refractivity contribution in [2.45, 2.75) is 372 Å². The molecule has 27 nitrogen and oxygen atoms in total. The number of aliphatic hydroxyl groups is 10. The van der Waals surface area contributed by atoms with Gasteiger partial charge in [-0.3, -0.25) is 0 Å². The molecule has 2 aliphatic heterocycles. The van der Waals surface area contributed by atoms with Gasteiger partial charge in [-0.1, -0.05) is 96.9 Å². The molecule has 0 saturated carbocycles. The molecule has 0 aromatic rings. The van der Waals surface area contributed by atoms with Crippen molar-refractivity contribution in [1.82, 2.24) is 14.7 Å². The second-order valence-corrected chi connectivity index (χ2v) is 43.1. The third kappa shape index (κ3) is 32.5. The molecule has 12 N–H and O–H groups in total. The first kappa shape index (κ1) is 104. The normalized spacial score (nSPS) is 26.5. The minimum absolute atomic E-state index is 0.0280. The maximum absolute atomic E-state index is 12.1. The maximum atomic E-state index is 12.1. The first-order valence-electron chi connectivity index (χ1n) is 36.6. The van der Waals surface area contributed by atoms with E-state index in [2.05, 4.69) is 79.6 Å². The van der Waals surface area contributed by atoms with Gasteiger partial charge in [-0.15, -0.1) is 0 Å². The van der Waals surface area contributed by atoms with Crippen LogP contribution < -0.4 is 5.73 Å². The minimum atomic E-state index is -2.32. The minimum Gasteiger partial charge on any atom is -0.438 e. The number of carbonyl (C=O) groups excluding carboxylic acids is 5. The molecule has 0 bridgehead atoms. The van der Waals surface area contributed by atoms with Crippen LogP contribution in [0.5, 0.6) is 0 Å². The van der Waals surface area contributed by atoms with E-state index in [9.17, 15) is 55.9 Å². The first-order chi connectivity index (χ1) is 46.2. The van der Waals surface area contributed by atoms with Crippen LogP contribution in [0.1, 0.15) is 204 Å².